The molecule has 1 rings (SSSR count). The Kier molecular flexibility index (Phi) is 2.43. The van der Waals surface area contributed by atoms with Crippen molar-refractivity contribution in [3.05, 3.63) is 0 Å². The monoisotopic (exact) mass is 125 g/mol. The molecule has 0 saturated carbocycles. The van der Waals surface area contributed by atoms with E-state index in [0.29, 0.717) is 0 Å². The molecule has 1 aliphatic heterocycles. The van der Waals surface area contributed by atoms with Gasteiger partial charge in [0, 0.05) is 12.5 Å². The van der Waals surface area contributed by atoms with Crippen LogP contribution >= 0.6 is 0 Å². The SMILES string of the molecule is O=CC1CCC=NCC1. The first-order valence-electron chi connectivity index (χ1n) is 3.37. The summed E-state index contributed by atoms with van der Waals surface area (Å²) >= 11 is 0. The fourth-order valence-electron chi connectivity index (χ4n) is 0.992. The highest BCUT2D eigenvalue weighted by atomic mass is 16.1. The van der Waals surface area contributed by atoms with Crippen molar-refractivity contribution in [3.8, 4) is 0 Å². The van der Waals surface area contributed by atoms with Crippen molar-refractivity contribution >= 4 is 12.5 Å². The molecule has 0 radical (unpaired) electrons. The van der Waals surface area contributed by atoms with Gasteiger partial charge in [0.2, 0.25) is 0 Å². The minimum Gasteiger partial charge on any atom is -0.303 e. The van der Waals surface area contributed by atoms with Crippen LogP contribution in [-0.4, -0.2) is 19.0 Å². The maximum atomic E-state index is 10.3. The van der Waals surface area contributed by atoms with Crippen LogP contribution in [0.2, 0.25) is 0 Å². The van der Waals surface area contributed by atoms with E-state index in [1.165, 1.54) is 0 Å². The number of aliphatic imine (C=N–C) groups is 1. The predicted molar refractivity (Wildman–Crippen MR) is 36.8 cm³/mol. The van der Waals surface area contributed by atoms with Crippen molar-refractivity contribution in [1.82, 2.24) is 0 Å². The number of carbonyl (C=O) groups is 1. The number of carbonyl (C=O) groups excluding carboxylic acids is 1. The van der Waals surface area contributed by atoms with Crippen LogP contribution in [0.4, 0.5) is 0 Å². The average Bonchev–Trinajstić information content (AvgIpc) is 2.13. The summed E-state index contributed by atoms with van der Waals surface area (Å²) < 4.78 is 0. The lowest BCUT2D eigenvalue weighted by Crippen LogP contribution is -2.00. The van der Waals surface area contributed by atoms with E-state index >= 15 is 0 Å². The van der Waals surface area contributed by atoms with Gasteiger partial charge in [-0.3, -0.25) is 4.99 Å². The van der Waals surface area contributed by atoms with Crippen LogP contribution in [0.1, 0.15) is 19.3 Å². The summed E-state index contributed by atoms with van der Waals surface area (Å²) in [6.07, 6.45) is 5.88. The molecular weight excluding hydrogens is 114 g/mol. The molecule has 1 aliphatic rings. The molecule has 0 N–H and O–H groups in total. The van der Waals surface area contributed by atoms with Gasteiger partial charge < -0.3 is 4.79 Å². The first kappa shape index (κ1) is 6.46. The van der Waals surface area contributed by atoms with Gasteiger partial charge in [0.1, 0.15) is 6.29 Å². The number of hydrogen-bond acceptors (Lipinski definition) is 2. The third-order valence-corrected chi connectivity index (χ3v) is 1.62. The smallest absolute Gasteiger partial charge is 0.123 e. The first-order chi connectivity index (χ1) is 4.43. The van der Waals surface area contributed by atoms with E-state index in [1.54, 1.807) is 0 Å². The van der Waals surface area contributed by atoms with Crippen molar-refractivity contribution in [2.45, 2.75) is 19.3 Å². The molecule has 9 heavy (non-hydrogen) atoms. The van der Waals surface area contributed by atoms with Gasteiger partial charge in [-0.25, -0.2) is 0 Å². The van der Waals surface area contributed by atoms with Gasteiger partial charge in [-0.15, -0.1) is 0 Å². The Balaban J connectivity index is 2.34. The van der Waals surface area contributed by atoms with Gasteiger partial charge in [0.15, 0.2) is 0 Å². The summed E-state index contributed by atoms with van der Waals surface area (Å²) in [4.78, 5) is 14.3. The van der Waals surface area contributed by atoms with E-state index in [4.69, 9.17) is 0 Å². The summed E-state index contributed by atoms with van der Waals surface area (Å²) in [5.74, 6) is 0.271. The minimum absolute atomic E-state index is 0.271. The molecule has 1 heterocycles. The minimum atomic E-state index is 0.271. The van der Waals surface area contributed by atoms with Crippen molar-refractivity contribution in [1.29, 1.82) is 0 Å². The summed E-state index contributed by atoms with van der Waals surface area (Å²) in [5, 5.41) is 0. The number of hydrogen-bond donors (Lipinski definition) is 0. The molecule has 0 amide bonds. The zero-order chi connectivity index (χ0) is 6.53. The Labute approximate surface area is 55.0 Å². The first-order valence-corrected chi connectivity index (χ1v) is 3.37. The normalized spacial score (nSPS) is 27.3. The lowest BCUT2D eigenvalue weighted by Gasteiger charge is -2.00. The highest BCUT2D eigenvalue weighted by molar-refractivity contribution is 5.60. The quantitative estimate of drug-likeness (QED) is 0.482. The fraction of sp³-hybridized carbons (Fsp3) is 0.714. The van der Waals surface area contributed by atoms with E-state index in [0.717, 1.165) is 32.1 Å². The second-order valence-electron chi connectivity index (χ2n) is 2.35. The van der Waals surface area contributed by atoms with Gasteiger partial charge in [-0.2, -0.15) is 0 Å². The topological polar surface area (TPSA) is 29.4 Å². The standard InChI is InChI=1S/C7H11NO/c9-6-7-2-1-4-8-5-3-7/h4,6-7H,1-3,5H2. The summed E-state index contributed by atoms with van der Waals surface area (Å²) in [5.41, 5.74) is 0. The number of aldehydes is 1. The lowest BCUT2D eigenvalue weighted by atomic mass is 10.0. The predicted octanol–water partition coefficient (Wildman–Crippen LogP) is 1.06. The zero-order valence-corrected chi connectivity index (χ0v) is 5.42. The van der Waals surface area contributed by atoms with Crippen LogP contribution < -0.4 is 0 Å². The van der Waals surface area contributed by atoms with E-state index < -0.39 is 0 Å². The molecule has 1 atom stereocenters. The average molecular weight is 125 g/mol. The van der Waals surface area contributed by atoms with Gasteiger partial charge >= 0.3 is 0 Å². The Morgan fingerprint density at radius 3 is 3.22 bits per heavy atom. The van der Waals surface area contributed by atoms with Crippen LogP contribution in [0, 0.1) is 5.92 Å². The molecule has 50 valence electrons. The van der Waals surface area contributed by atoms with Gasteiger partial charge in [0.25, 0.3) is 0 Å². The Hall–Kier alpha value is -0.660. The van der Waals surface area contributed by atoms with E-state index in [2.05, 4.69) is 4.99 Å². The molecule has 0 saturated heterocycles. The fourth-order valence-corrected chi connectivity index (χ4v) is 0.992. The maximum Gasteiger partial charge on any atom is 0.123 e. The Bertz CT molecular complexity index is 110. The summed E-state index contributed by atoms with van der Waals surface area (Å²) in [7, 11) is 0. The molecule has 0 aromatic carbocycles. The number of rotatable bonds is 1. The van der Waals surface area contributed by atoms with Crippen molar-refractivity contribution < 1.29 is 4.79 Å². The second-order valence-corrected chi connectivity index (χ2v) is 2.35. The molecule has 1 unspecified atom stereocenters. The third kappa shape index (κ3) is 1.96. The molecule has 2 heteroatoms. The molecule has 0 aromatic rings. The summed E-state index contributed by atoms with van der Waals surface area (Å²) in [6, 6.07) is 0. The zero-order valence-electron chi connectivity index (χ0n) is 5.42. The molecular formula is C7H11NO. The largest absolute Gasteiger partial charge is 0.303 e. The Morgan fingerprint density at radius 2 is 2.44 bits per heavy atom. The third-order valence-electron chi connectivity index (χ3n) is 1.62. The highest BCUT2D eigenvalue weighted by Crippen LogP contribution is 2.09. The van der Waals surface area contributed by atoms with Crippen LogP contribution in [0.3, 0.4) is 0 Å². The van der Waals surface area contributed by atoms with Gasteiger partial charge in [-0.1, -0.05) is 0 Å². The van der Waals surface area contributed by atoms with Crippen molar-refractivity contribution in [2.75, 3.05) is 6.54 Å². The van der Waals surface area contributed by atoms with Crippen molar-refractivity contribution in [3.63, 3.8) is 0 Å². The van der Waals surface area contributed by atoms with Crippen LogP contribution in [0.15, 0.2) is 4.99 Å². The second kappa shape index (κ2) is 3.38. The molecule has 0 aliphatic carbocycles. The molecule has 0 fully saturated rings. The maximum absolute atomic E-state index is 10.3. The van der Waals surface area contributed by atoms with E-state index in [1.807, 2.05) is 6.21 Å². The van der Waals surface area contributed by atoms with Gasteiger partial charge in [-0.05, 0) is 25.5 Å². The van der Waals surface area contributed by atoms with Crippen LogP contribution in [0.25, 0.3) is 0 Å². The molecule has 0 aromatic heterocycles. The van der Waals surface area contributed by atoms with E-state index in [-0.39, 0.29) is 5.92 Å². The van der Waals surface area contributed by atoms with Crippen LogP contribution in [-0.2, 0) is 4.79 Å². The van der Waals surface area contributed by atoms with Gasteiger partial charge in [0.05, 0.1) is 0 Å². The number of nitrogens with zero attached hydrogens (tertiary/aromatic N) is 1. The van der Waals surface area contributed by atoms with E-state index in [9.17, 15) is 4.79 Å². The van der Waals surface area contributed by atoms with Crippen molar-refractivity contribution in [2.24, 2.45) is 10.9 Å². The Morgan fingerprint density at radius 1 is 1.56 bits per heavy atom. The highest BCUT2D eigenvalue weighted by Gasteiger charge is 2.06. The van der Waals surface area contributed by atoms with Crippen LogP contribution in [0.5, 0.6) is 0 Å². The summed E-state index contributed by atoms with van der Waals surface area (Å²) in [6.45, 7) is 0.837. The molecule has 0 spiro atoms. The molecule has 2 nitrogen and oxygen atoms in total. The molecule has 0 bridgehead atoms. The lowest BCUT2D eigenvalue weighted by molar-refractivity contribution is -0.111.